The normalized spacial score (nSPS) is 8.75. The zero-order valence-electron chi connectivity index (χ0n) is 4.35. The third-order valence-corrected chi connectivity index (χ3v) is 0.560. The fourth-order valence-corrected chi connectivity index (χ4v) is 0.243. The molecular weight excluding hydrogens is 113 g/mol. The van der Waals surface area contributed by atoms with E-state index in [0.717, 1.165) is 0 Å². The molecule has 2 N–H and O–H groups in total. The van der Waals surface area contributed by atoms with Gasteiger partial charge in [0, 0.05) is 6.54 Å². The molecule has 48 valence electrons. The van der Waals surface area contributed by atoms with Crippen molar-refractivity contribution in [2.24, 2.45) is 0 Å². The Bertz CT molecular complexity index is 76.4. The Morgan fingerprint density at radius 3 is 2.75 bits per heavy atom. The van der Waals surface area contributed by atoms with E-state index in [2.05, 4.69) is 5.32 Å². The molecule has 0 heterocycles. The molecular formula is C4H8FNO2. The molecule has 0 aliphatic rings. The number of carbonyl (C=O) groups is 1. The molecule has 0 fully saturated rings. The van der Waals surface area contributed by atoms with Crippen molar-refractivity contribution in [1.29, 1.82) is 0 Å². The minimum atomic E-state index is -0.592. The van der Waals surface area contributed by atoms with Crippen LogP contribution in [0, 0.1) is 0 Å². The summed E-state index contributed by atoms with van der Waals surface area (Å²) in [5.41, 5.74) is 0. The summed E-state index contributed by atoms with van der Waals surface area (Å²) in [6, 6.07) is 0. The SMILES string of the molecule is O=C(CO)NCCF. The van der Waals surface area contributed by atoms with Gasteiger partial charge in [0.15, 0.2) is 0 Å². The van der Waals surface area contributed by atoms with Crippen molar-refractivity contribution < 1.29 is 14.3 Å². The maximum absolute atomic E-state index is 11.2. The van der Waals surface area contributed by atoms with Gasteiger partial charge in [-0.25, -0.2) is 4.39 Å². The largest absolute Gasteiger partial charge is 0.387 e. The highest BCUT2D eigenvalue weighted by atomic mass is 19.1. The van der Waals surface area contributed by atoms with E-state index in [9.17, 15) is 9.18 Å². The maximum Gasteiger partial charge on any atom is 0.245 e. The van der Waals surface area contributed by atoms with Crippen molar-refractivity contribution in [3.05, 3.63) is 0 Å². The lowest BCUT2D eigenvalue weighted by molar-refractivity contribution is -0.123. The Balaban J connectivity index is 2.99. The topological polar surface area (TPSA) is 49.3 Å². The summed E-state index contributed by atoms with van der Waals surface area (Å²) in [6.45, 7) is -1.18. The van der Waals surface area contributed by atoms with Gasteiger partial charge in [-0.3, -0.25) is 4.79 Å². The quantitative estimate of drug-likeness (QED) is 0.506. The fraction of sp³-hybridized carbons (Fsp3) is 0.750. The van der Waals surface area contributed by atoms with Crippen LogP contribution in [0.4, 0.5) is 4.39 Å². The van der Waals surface area contributed by atoms with Crippen LogP contribution in [0.15, 0.2) is 0 Å². The minimum Gasteiger partial charge on any atom is -0.387 e. The predicted octanol–water partition coefficient (Wildman–Crippen LogP) is -0.936. The van der Waals surface area contributed by atoms with Crippen LogP contribution in [-0.2, 0) is 4.79 Å². The highest BCUT2D eigenvalue weighted by molar-refractivity contribution is 5.76. The van der Waals surface area contributed by atoms with Gasteiger partial charge in [-0.15, -0.1) is 0 Å². The van der Waals surface area contributed by atoms with Crippen molar-refractivity contribution in [2.75, 3.05) is 19.8 Å². The molecule has 0 aromatic heterocycles. The number of hydrogen-bond acceptors (Lipinski definition) is 2. The molecule has 0 unspecified atom stereocenters. The van der Waals surface area contributed by atoms with E-state index in [4.69, 9.17) is 5.11 Å². The van der Waals surface area contributed by atoms with E-state index in [0.29, 0.717) is 0 Å². The number of carbonyl (C=O) groups excluding carboxylic acids is 1. The van der Waals surface area contributed by atoms with Gasteiger partial charge in [0.05, 0.1) is 0 Å². The summed E-state index contributed by atoms with van der Waals surface area (Å²) in [5, 5.41) is 10.1. The lowest BCUT2D eigenvalue weighted by Gasteiger charge is -1.95. The molecule has 0 radical (unpaired) electrons. The predicted molar refractivity (Wildman–Crippen MR) is 26.1 cm³/mol. The van der Waals surface area contributed by atoms with Crippen LogP contribution in [0.1, 0.15) is 0 Å². The molecule has 0 rings (SSSR count). The molecule has 0 aliphatic heterocycles. The van der Waals surface area contributed by atoms with Gasteiger partial charge >= 0.3 is 0 Å². The van der Waals surface area contributed by atoms with Crippen LogP contribution in [0.5, 0.6) is 0 Å². The first kappa shape index (κ1) is 7.36. The van der Waals surface area contributed by atoms with E-state index in [1.54, 1.807) is 0 Å². The van der Waals surface area contributed by atoms with E-state index in [1.165, 1.54) is 0 Å². The van der Waals surface area contributed by atoms with Gasteiger partial charge in [-0.2, -0.15) is 0 Å². The Morgan fingerprint density at radius 2 is 2.38 bits per heavy atom. The van der Waals surface area contributed by atoms with E-state index < -0.39 is 19.2 Å². The first-order valence-electron chi connectivity index (χ1n) is 2.24. The second-order valence-electron chi connectivity index (χ2n) is 1.20. The van der Waals surface area contributed by atoms with E-state index >= 15 is 0 Å². The molecule has 0 atom stereocenters. The number of alkyl halides is 1. The Morgan fingerprint density at radius 1 is 1.75 bits per heavy atom. The number of nitrogens with one attached hydrogen (secondary N) is 1. The van der Waals surface area contributed by atoms with Crippen molar-refractivity contribution in [2.45, 2.75) is 0 Å². The van der Waals surface area contributed by atoms with Crippen molar-refractivity contribution in [3.8, 4) is 0 Å². The van der Waals surface area contributed by atoms with Crippen LogP contribution < -0.4 is 5.32 Å². The molecule has 3 nitrogen and oxygen atoms in total. The monoisotopic (exact) mass is 121 g/mol. The molecule has 0 bridgehead atoms. The molecule has 4 heteroatoms. The minimum absolute atomic E-state index is 0.0145. The van der Waals surface area contributed by atoms with Gasteiger partial charge in [-0.05, 0) is 0 Å². The molecule has 0 aromatic rings. The lowest BCUT2D eigenvalue weighted by Crippen LogP contribution is -2.27. The third kappa shape index (κ3) is 3.55. The average Bonchev–Trinajstić information content (AvgIpc) is 1.83. The summed E-state index contributed by atoms with van der Waals surface area (Å²) < 4.78 is 11.2. The van der Waals surface area contributed by atoms with Crippen LogP contribution in [0.2, 0.25) is 0 Å². The number of aliphatic hydroxyl groups excluding tert-OH is 1. The Kier molecular flexibility index (Phi) is 4.16. The number of hydrogen-bond donors (Lipinski definition) is 2. The van der Waals surface area contributed by atoms with E-state index in [1.807, 2.05) is 0 Å². The van der Waals surface area contributed by atoms with Gasteiger partial charge in [-0.1, -0.05) is 0 Å². The van der Waals surface area contributed by atoms with Crippen LogP contribution in [0.25, 0.3) is 0 Å². The molecule has 1 amide bonds. The van der Waals surface area contributed by atoms with Gasteiger partial charge < -0.3 is 10.4 Å². The van der Waals surface area contributed by atoms with Gasteiger partial charge in [0.25, 0.3) is 0 Å². The molecule has 0 aromatic carbocycles. The summed E-state index contributed by atoms with van der Waals surface area (Å²) >= 11 is 0. The molecule has 0 saturated carbocycles. The first-order valence-corrected chi connectivity index (χ1v) is 2.24. The maximum atomic E-state index is 11.2. The highest BCUT2D eigenvalue weighted by Crippen LogP contribution is 1.64. The molecule has 0 saturated heterocycles. The van der Waals surface area contributed by atoms with Crippen LogP contribution >= 0.6 is 0 Å². The van der Waals surface area contributed by atoms with Crippen molar-refractivity contribution in [1.82, 2.24) is 5.32 Å². The summed E-state index contributed by atoms with van der Waals surface area (Å²) in [6.07, 6.45) is 0. The van der Waals surface area contributed by atoms with Gasteiger partial charge in [0.1, 0.15) is 13.3 Å². The van der Waals surface area contributed by atoms with E-state index in [-0.39, 0.29) is 6.54 Å². The van der Waals surface area contributed by atoms with Crippen molar-refractivity contribution >= 4 is 5.91 Å². The second kappa shape index (κ2) is 4.52. The molecule has 8 heavy (non-hydrogen) atoms. The fourth-order valence-electron chi connectivity index (χ4n) is 0.243. The average molecular weight is 121 g/mol. The zero-order valence-corrected chi connectivity index (χ0v) is 4.35. The van der Waals surface area contributed by atoms with Crippen LogP contribution in [-0.4, -0.2) is 30.8 Å². The number of aliphatic hydroxyl groups is 1. The van der Waals surface area contributed by atoms with Gasteiger partial charge in [0.2, 0.25) is 5.91 Å². The Labute approximate surface area is 46.5 Å². The standard InChI is InChI=1S/C4H8FNO2/c5-1-2-6-4(8)3-7/h7H,1-3H2,(H,6,8). The van der Waals surface area contributed by atoms with Crippen molar-refractivity contribution in [3.63, 3.8) is 0 Å². The first-order chi connectivity index (χ1) is 3.81. The number of halogens is 1. The zero-order chi connectivity index (χ0) is 6.41. The molecule has 0 aliphatic carbocycles. The highest BCUT2D eigenvalue weighted by Gasteiger charge is 1.93. The lowest BCUT2D eigenvalue weighted by atomic mass is 10.6. The summed E-state index contributed by atoms with van der Waals surface area (Å²) in [4.78, 5) is 10.0. The number of rotatable bonds is 3. The third-order valence-electron chi connectivity index (χ3n) is 0.560. The smallest absolute Gasteiger partial charge is 0.245 e. The summed E-state index contributed by atoms with van der Waals surface area (Å²) in [5.74, 6) is -0.539. The molecule has 0 spiro atoms. The second-order valence-corrected chi connectivity index (χ2v) is 1.20. The van der Waals surface area contributed by atoms with Crippen LogP contribution in [0.3, 0.4) is 0 Å². The Hall–Kier alpha value is -0.640. The number of amides is 1. The summed E-state index contributed by atoms with van der Waals surface area (Å²) in [7, 11) is 0.